The summed E-state index contributed by atoms with van der Waals surface area (Å²) in [5.41, 5.74) is 0. The van der Waals surface area contributed by atoms with Gasteiger partial charge in [0, 0.05) is 26.2 Å². The Hall–Kier alpha value is -1.18. The van der Waals surface area contributed by atoms with Crippen LogP contribution in [0.2, 0.25) is 0 Å². The second-order valence-electron chi connectivity index (χ2n) is 4.84. The quantitative estimate of drug-likeness (QED) is 0.770. The van der Waals surface area contributed by atoms with Crippen LogP contribution in [0, 0.1) is 0 Å². The standard InChI is InChI=1S/C12H23N5O2/c1-10(13-2)11-14-15-12(19-11)17-5-3-4-16(6-7-17)8-9-18/h10,13,18H,3-9H2,1-2H3. The van der Waals surface area contributed by atoms with Gasteiger partial charge in [-0.3, -0.25) is 4.90 Å². The molecule has 1 aromatic rings. The number of anilines is 1. The maximum atomic E-state index is 8.98. The molecule has 1 atom stereocenters. The minimum atomic E-state index is 0.0686. The van der Waals surface area contributed by atoms with Gasteiger partial charge in [0.1, 0.15) is 0 Å². The van der Waals surface area contributed by atoms with E-state index in [0.29, 0.717) is 11.9 Å². The summed E-state index contributed by atoms with van der Waals surface area (Å²) in [6.07, 6.45) is 1.04. The van der Waals surface area contributed by atoms with Gasteiger partial charge in [-0.1, -0.05) is 5.10 Å². The average Bonchev–Trinajstić information content (AvgIpc) is 2.80. The molecule has 0 radical (unpaired) electrons. The number of nitrogens with zero attached hydrogens (tertiary/aromatic N) is 4. The van der Waals surface area contributed by atoms with Gasteiger partial charge in [-0.2, -0.15) is 0 Å². The minimum Gasteiger partial charge on any atom is -0.406 e. The summed E-state index contributed by atoms with van der Waals surface area (Å²) in [5, 5.41) is 20.3. The van der Waals surface area contributed by atoms with E-state index >= 15 is 0 Å². The molecule has 1 fully saturated rings. The molecule has 0 spiro atoms. The number of hydrogen-bond acceptors (Lipinski definition) is 7. The highest BCUT2D eigenvalue weighted by Crippen LogP contribution is 2.18. The predicted octanol–water partition coefficient (Wildman–Crippen LogP) is -0.146. The second-order valence-corrected chi connectivity index (χ2v) is 4.84. The van der Waals surface area contributed by atoms with Gasteiger partial charge in [0.25, 0.3) is 0 Å². The lowest BCUT2D eigenvalue weighted by atomic mass is 10.3. The van der Waals surface area contributed by atoms with Crippen LogP contribution in [-0.2, 0) is 0 Å². The Kier molecular flexibility index (Phi) is 5.12. The van der Waals surface area contributed by atoms with Crippen LogP contribution in [0.15, 0.2) is 4.42 Å². The highest BCUT2D eigenvalue weighted by atomic mass is 16.4. The van der Waals surface area contributed by atoms with E-state index in [9.17, 15) is 0 Å². The summed E-state index contributed by atoms with van der Waals surface area (Å²) in [7, 11) is 1.87. The van der Waals surface area contributed by atoms with E-state index in [2.05, 4.69) is 25.3 Å². The molecule has 0 aliphatic carbocycles. The van der Waals surface area contributed by atoms with E-state index < -0.39 is 0 Å². The van der Waals surface area contributed by atoms with Gasteiger partial charge >= 0.3 is 6.01 Å². The molecule has 0 aromatic carbocycles. The Balaban J connectivity index is 1.96. The second kappa shape index (κ2) is 6.83. The normalized spacial score (nSPS) is 19.4. The van der Waals surface area contributed by atoms with Gasteiger partial charge in [-0.15, -0.1) is 5.10 Å². The zero-order valence-electron chi connectivity index (χ0n) is 11.7. The molecule has 0 amide bonds. The van der Waals surface area contributed by atoms with Crippen molar-refractivity contribution in [1.82, 2.24) is 20.4 Å². The van der Waals surface area contributed by atoms with Gasteiger partial charge in [-0.05, 0) is 26.9 Å². The number of rotatable bonds is 5. The fraction of sp³-hybridized carbons (Fsp3) is 0.833. The Morgan fingerprint density at radius 3 is 2.89 bits per heavy atom. The van der Waals surface area contributed by atoms with E-state index in [1.54, 1.807) is 0 Å². The molecule has 2 heterocycles. The number of β-amino-alcohol motifs (C(OH)–C–C–N with tert-alkyl or cyclic N) is 1. The largest absolute Gasteiger partial charge is 0.406 e. The molecule has 1 aromatic heterocycles. The number of hydrogen-bond donors (Lipinski definition) is 2. The van der Waals surface area contributed by atoms with Crippen LogP contribution >= 0.6 is 0 Å². The van der Waals surface area contributed by atoms with Crippen LogP contribution in [0.1, 0.15) is 25.3 Å². The number of aliphatic hydroxyl groups excluding tert-OH is 1. The molecule has 1 unspecified atom stereocenters. The first kappa shape index (κ1) is 14.2. The highest BCUT2D eigenvalue weighted by Gasteiger charge is 2.20. The predicted molar refractivity (Wildman–Crippen MR) is 72.1 cm³/mol. The Labute approximate surface area is 113 Å². The third kappa shape index (κ3) is 3.65. The van der Waals surface area contributed by atoms with Gasteiger partial charge in [0.2, 0.25) is 5.89 Å². The molecular formula is C12H23N5O2. The van der Waals surface area contributed by atoms with E-state index in [1.165, 1.54) is 0 Å². The summed E-state index contributed by atoms with van der Waals surface area (Å²) < 4.78 is 5.70. The molecule has 2 N–H and O–H groups in total. The van der Waals surface area contributed by atoms with Crippen LogP contribution in [-0.4, -0.2) is 66.6 Å². The van der Waals surface area contributed by atoms with Crippen molar-refractivity contribution in [2.45, 2.75) is 19.4 Å². The van der Waals surface area contributed by atoms with Crippen LogP contribution in [0.5, 0.6) is 0 Å². The van der Waals surface area contributed by atoms with E-state index in [1.807, 2.05) is 14.0 Å². The van der Waals surface area contributed by atoms with E-state index in [0.717, 1.165) is 39.1 Å². The molecule has 1 saturated heterocycles. The van der Waals surface area contributed by atoms with Crippen molar-refractivity contribution in [1.29, 1.82) is 0 Å². The van der Waals surface area contributed by atoms with Gasteiger partial charge in [0.15, 0.2) is 0 Å². The summed E-state index contributed by atoms with van der Waals surface area (Å²) in [4.78, 5) is 4.38. The van der Waals surface area contributed by atoms with Crippen molar-refractivity contribution in [3.05, 3.63) is 5.89 Å². The van der Waals surface area contributed by atoms with Gasteiger partial charge < -0.3 is 19.7 Å². The highest BCUT2D eigenvalue weighted by molar-refractivity contribution is 5.24. The molecule has 7 nitrogen and oxygen atoms in total. The first-order valence-electron chi connectivity index (χ1n) is 6.83. The molecule has 108 valence electrons. The van der Waals surface area contributed by atoms with E-state index in [4.69, 9.17) is 9.52 Å². The average molecular weight is 269 g/mol. The van der Waals surface area contributed by atoms with Crippen LogP contribution in [0.25, 0.3) is 0 Å². The molecular weight excluding hydrogens is 246 g/mol. The summed E-state index contributed by atoms with van der Waals surface area (Å²) >= 11 is 0. The van der Waals surface area contributed by atoms with Crippen molar-refractivity contribution in [3.63, 3.8) is 0 Å². The smallest absolute Gasteiger partial charge is 0.318 e. The third-order valence-electron chi connectivity index (χ3n) is 3.51. The lowest BCUT2D eigenvalue weighted by Gasteiger charge is -2.19. The van der Waals surface area contributed by atoms with Crippen molar-refractivity contribution in [2.24, 2.45) is 0 Å². The van der Waals surface area contributed by atoms with Crippen LogP contribution < -0.4 is 10.2 Å². The number of aromatic nitrogens is 2. The zero-order chi connectivity index (χ0) is 13.7. The molecule has 2 rings (SSSR count). The fourth-order valence-corrected chi connectivity index (χ4v) is 2.18. The maximum Gasteiger partial charge on any atom is 0.318 e. The fourth-order valence-electron chi connectivity index (χ4n) is 2.18. The third-order valence-corrected chi connectivity index (χ3v) is 3.51. The maximum absolute atomic E-state index is 8.98. The molecule has 0 saturated carbocycles. The van der Waals surface area contributed by atoms with Crippen molar-refractivity contribution in [2.75, 3.05) is 51.3 Å². The van der Waals surface area contributed by atoms with Crippen molar-refractivity contribution >= 4 is 6.01 Å². The SMILES string of the molecule is CNC(C)c1nnc(N2CCCN(CCO)CC2)o1. The summed E-state index contributed by atoms with van der Waals surface area (Å²) in [6, 6.07) is 0.669. The molecule has 1 aliphatic rings. The first-order chi connectivity index (χ1) is 9.24. The lowest BCUT2D eigenvalue weighted by Crippen LogP contribution is -2.32. The number of aliphatic hydroxyl groups is 1. The van der Waals surface area contributed by atoms with Gasteiger partial charge in [0.05, 0.1) is 12.6 Å². The van der Waals surface area contributed by atoms with E-state index in [-0.39, 0.29) is 12.6 Å². The first-order valence-corrected chi connectivity index (χ1v) is 6.83. The van der Waals surface area contributed by atoms with Crippen molar-refractivity contribution in [3.8, 4) is 0 Å². The molecule has 0 bridgehead atoms. The zero-order valence-corrected chi connectivity index (χ0v) is 11.7. The molecule has 7 heteroatoms. The lowest BCUT2D eigenvalue weighted by molar-refractivity contribution is 0.204. The Morgan fingerprint density at radius 1 is 1.32 bits per heavy atom. The molecule has 19 heavy (non-hydrogen) atoms. The topological polar surface area (TPSA) is 77.7 Å². The summed E-state index contributed by atoms with van der Waals surface area (Å²) in [6.45, 7) is 6.63. The Morgan fingerprint density at radius 2 is 2.16 bits per heavy atom. The number of nitrogens with one attached hydrogen (secondary N) is 1. The summed E-state index contributed by atoms with van der Waals surface area (Å²) in [5.74, 6) is 0.619. The molecule has 1 aliphatic heterocycles. The van der Waals surface area contributed by atoms with Gasteiger partial charge in [-0.25, -0.2) is 0 Å². The Bertz CT molecular complexity index is 384. The monoisotopic (exact) mass is 269 g/mol. The minimum absolute atomic E-state index is 0.0686. The van der Waals surface area contributed by atoms with Crippen molar-refractivity contribution < 1.29 is 9.52 Å². The van der Waals surface area contributed by atoms with Crippen LogP contribution in [0.4, 0.5) is 6.01 Å². The van der Waals surface area contributed by atoms with Crippen LogP contribution in [0.3, 0.4) is 0 Å².